The fourth-order valence-electron chi connectivity index (χ4n) is 0.815. The summed E-state index contributed by atoms with van der Waals surface area (Å²) in [6.45, 7) is 2.56. The molecule has 0 aliphatic carbocycles. The fraction of sp³-hybridized carbons (Fsp3) is 0.200. The number of rotatable bonds is 3. The third-order valence-electron chi connectivity index (χ3n) is 1.46. The Hall–Kier alpha value is -0.950. The number of ether oxygens (including phenoxy) is 1. The predicted molar refractivity (Wildman–Crippen MR) is 51.7 cm³/mol. The van der Waals surface area contributed by atoms with E-state index in [0.717, 1.165) is 5.75 Å². The molecule has 0 amide bonds. The zero-order valence-corrected chi connectivity index (χ0v) is 7.71. The van der Waals surface area contributed by atoms with Gasteiger partial charge in [0.15, 0.2) is 0 Å². The van der Waals surface area contributed by atoms with Crippen LogP contribution < -0.4 is 4.74 Å². The lowest BCUT2D eigenvalue weighted by Gasteiger charge is -2.01. The van der Waals surface area contributed by atoms with Crippen molar-refractivity contribution in [3.8, 4) is 5.75 Å². The van der Waals surface area contributed by atoms with Crippen molar-refractivity contribution in [3.05, 3.63) is 41.4 Å². The average molecular weight is 183 g/mol. The molecule has 0 aromatic heterocycles. The molecule has 0 N–H and O–H groups in total. The summed E-state index contributed by atoms with van der Waals surface area (Å²) in [4.78, 5) is 0. The highest BCUT2D eigenvalue weighted by atomic mass is 35.5. The van der Waals surface area contributed by atoms with Gasteiger partial charge in [0.25, 0.3) is 0 Å². The summed E-state index contributed by atoms with van der Waals surface area (Å²) in [5, 5.41) is 0. The molecular weight excluding hydrogens is 172 g/mol. The molecule has 64 valence electrons. The molecule has 1 aromatic rings. The number of hydrogen-bond acceptors (Lipinski definition) is 1. The molecule has 0 fully saturated rings. The highest BCUT2D eigenvalue weighted by Gasteiger charge is 1.89. The van der Waals surface area contributed by atoms with Crippen LogP contribution in [0.15, 0.2) is 35.9 Å². The lowest BCUT2D eigenvalue weighted by Crippen LogP contribution is -1.92. The lowest BCUT2D eigenvalue weighted by atomic mass is 10.2. The maximum Gasteiger partial charge on any atom is 0.119 e. The number of hydrogen-bond donors (Lipinski definition) is 0. The number of aryl methyl sites for hydroxylation is 1. The molecule has 0 bridgehead atoms. The first-order valence-electron chi connectivity index (χ1n) is 3.77. The summed E-state index contributed by atoms with van der Waals surface area (Å²) >= 11 is 5.33. The highest BCUT2D eigenvalue weighted by molar-refractivity contribution is 6.25. The van der Waals surface area contributed by atoms with Crippen LogP contribution >= 0.6 is 11.6 Å². The first-order valence-corrected chi connectivity index (χ1v) is 4.21. The zero-order valence-electron chi connectivity index (χ0n) is 6.96. The SMILES string of the molecule is Cc1ccc(OCC=CCl)cc1. The van der Waals surface area contributed by atoms with E-state index < -0.39 is 0 Å². The first-order chi connectivity index (χ1) is 5.83. The average Bonchev–Trinajstić information content (AvgIpc) is 2.09. The molecule has 0 atom stereocenters. The Bertz CT molecular complexity index is 251. The fourth-order valence-corrected chi connectivity index (χ4v) is 0.888. The molecule has 12 heavy (non-hydrogen) atoms. The van der Waals surface area contributed by atoms with E-state index in [1.165, 1.54) is 11.1 Å². The Morgan fingerprint density at radius 2 is 2.00 bits per heavy atom. The molecule has 0 saturated carbocycles. The Morgan fingerprint density at radius 1 is 1.33 bits per heavy atom. The Morgan fingerprint density at radius 3 is 2.58 bits per heavy atom. The minimum absolute atomic E-state index is 0.520. The summed E-state index contributed by atoms with van der Waals surface area (Å²) in [6, 6.07) is 7.91. The molecule has 1 rings (SSSR count). The summed E-state index contributed by atoms with van der Waals surface area (Å²) in [6.07, 6.45) is 1.75. The van der Waals surface area contributed by atoms with E-state index in [9.17, 15) is 0 Å². The third-order valence-corrected chi connectivity index (χ3v) is 1.63. The van der Waals surface area contributed by atoms with Crippen LogP contribution in [-0.2, 0) is 0 Å². The quantitative estimate of drug-likeness (QED) is 0.698. The summed E-state index contributed by atoms with van der Waals surface area (Å²) < 4.78 is 5.33. The number of benzene rings is 1. The van der Waals surface area contributed by atoms with Gasteiger partial charge in [0.1, 0.15) is 12.4 Å². The standard InChI is InChI=1S/C10H11ClO/c1-9-3-5-10(6-4-9)12-8-2-7-11/h2-7H,8H2,1H3. The minimum Gasteiger partial charge on any atom is -0.490 e. The van der Waals surface area contributed by atoms with Gasteiger partial charge in [-0.1, -0.05) is 29.3 Å². The molecule has 0 aliphatic rings. The molecule has 0 aliphatic heterocycles. The maximum atomic E-state index is 5.33. The van der Waals surface area contributed by atoms with Crippen molar-refractivity contribution in [2.45, 2.75) is 6.92 Å². The second-order valence-corrected chi connectivity index (χ2v) is 2.74. The van der Waals surface area contributed by atoms with Crippen LogP contribution in [-0.4, -0.2) is 6.61 Å². The van der Waals surface area contributed by atoms with E-state index in [-0.39, 0.29) is 0 Å². The van der Waals surface area contributed by atoms with Crippen LogP contribution in [0.3, 0.4) is 0 Å². The van der Waals surface area contributed by atoms with Gasteiger partial charge in [-0.3, -0.25) is 0 Å². The van der Waals surface area contributed by atoms with Gasteiger partial charge < -0.3 is 4.74 Å². The van der Waals surface area contributed by atoms with Crippen LogP contribution in [0.5, 0.6) is 5.75 Å². The second-order valence-electron chi connectivity index (χ2n) is 2.49. The molecule has 0 spiro atoms. The summed E-state index contributed by atoms with van der Waals surface area (Å²) in [5.74, 6) is 0.871. The molecule has 0 saturated heterocycles. The monoisotopic (exact) mass is 182 g/mol. The summed E-state index contributed by atoms with van der Waals surface area (Å²) in [5.41, 5.74) is 2.68. The Labute approximate surface area is 77.6 Å². The third kappa shape index (κ3) is 2.97. The largest absolute Gasteiger partial charge is 0.490 e. The molecule has 1 aromatic carbocycles. The smallest absolute Gasteiger partial charge is 0.119 e. The van der Waals surface area contributed by atoms with E-state index in [2.05, 4.69) is 0 Å². The van der Waals surface area contributed by atoms with E-state index >= 15 is 0 Å². The van der Waals surface area contributed by atoms with Crippen LogP contribution in [0.25, 0.3) is 0 Å². The van der Waals surface area contributed by atoms with Crippen molar-refractivity contribution in [2.75, 3.05) is 6.61 Å². The van der Waals surface area contributed by atoms with Crippen LogP contribution in [0.1, 0.15) is 5.56 Å². The van der Waals surface area contributed by atoms with E-state index in [4.69, 9.17) is 16.3 Å². The Balaban J connectivity index is 2.47. The van der Waals surface area contributed by atoms with Crippen LogP contribution in [0, 0.1) is 6.92 Å². The topological polar surface area (TPSA) is 9.23 Å². The van der Waals surface area contributed by atoms with Crippen molar-refractivity contribution >= 4 is 11.6 Å². The number of halogens is 1. The van der Waals surface area contributed by atoms with Gasteiger partial charge in [-0.05, 0) is 25.1 Å². The molecule has 0 radical (unpaired) electrons. The molecule has 0 heterocycles. The van der Waals surface area contributed by atoms with Crippen molar-refractivity contribution in [1.82, 2.24) is 0 Å². The van der Waals surface area contributed by atoms with Gasteiger partial charge in [-0.2, -0.15) is 0 Å². The minimum atomic E-state index is 0.520. The Kier molecular flexibility index (Phi) is 3.68. The zero-order chi connectivity index (χ0) is 8.81. The van der Waals surface area contributed by atoms with Gasteiger partial charge in [0.05, 0.1) is 0 Å². The molecule has 0 unspecified atom stereocenters. The van der Waals surface area contributed by atoms with Gasteiger partial charge in [0, 0.05) is 5.54 Å². The first kappa shape index (κ1) is 9.14. The maximum absolute atomic E-state index is 5.33. The second kappa shape index (κ2) is 4.83. The van der Waals surface area contributed by atoms with Gasteiger partial charge in [0.2, 0.25) is 0 Å². The lowest BCUT2D eigenvalue weighted by molar-refractivity contribution is 0.363. The van der Waals surface area contributed by atoms with Crippen molar-refractivity contribution in [3.63, 3.8) is 0 Å². The predicted octanol–water partition coefficient (Wildman–Crippen LogP) is 3.13. The molecular formula is C10H11ClO. The van der Waals surface area contributed by atoms with Gasteiger partial charge in [-0.15, -0.1) is 0 Å². The van der Waals surface area contributed by atoms with Crippen molar-refractivity contribution in [1.29, 1.82) is 0 Å². The normalized spacial score (nSPS) is 10.5. The van der Waals surface area contributed by atoms with Gasteiger partial charge >= 0.3 is 0 Å². The van der Waals surface area contributed by atoms with Gasteiger partial charge in [-0.25, -0.2) is 0 Å². The van der Waals surface area contributed by atoms with E-state index in [1.54, 1.807) is 6.08 Å². The van der Waals surface area contributed by atoms with E-state index in [0.29, 0.717) is 6.61 Å². The summed E-state index contributed by atoms with van der Waals surface area (Å²) in [7, 11) is 0. The van der Waals surface area contributed by atoms with Crippen LogP contribution in [0.4, 0.5) is 0 Å². The van der Waals surface area contributed by atoms with E-state index in [1.807, 2.05) is 31.2 Å². The van der Waals surface area contributed by atoms with Crippen molar-refractivity contribution < 1.29 is 4.74 Å². The molecule has 1 nitrogen and oxygen atoms in total. The molecule has 2 heteroatoms. The van der Waals surface area contributed by atoms with Crippen LogP contribution in [0.2, 0.25) is 0 Å². The van der Waals surface area contributed by atoms with Crippen molar-refractivity contribution in [2.24, 2.45) is 0 Å². The highest BCUT2D eigenvalue weighted by Crippen LogP contribution is 2.10.